The average Bonchev–Trinajstić information content (AvgIpc) is 2.76. The zero-order valence-corrected chi connectivity index (χ0v) is 17.1. The Morgan fingerprint density at radius 3 is 2.52 bits per heavy atom. The molecule has 0 aliphatic carbocycles. The van der Waals surface area contributed by atoms with Gasteiger partial charge in [0.1, 0.15) is 5.75 Å². The van der Waals surface area contributed by atoms with Crippen LogP contribution >= 0.6 is 0 Å². The summed E-state index contributed by atoms with van der Waals surface area (Å²) in [5.74, 6) is 0.769. The van der Waals surface area contributed by atoms with Gasteiger partial charge < -0.3 is 19.4 Å². The molecule has 6 nitrogen and oxygen atoms in total. The highest BCUT2D eigenvalue weighted by molar-refractivity contribution is 5.98. The number of piperazine rings is 1. The van der Waals surface area contributed by atoms with Crippen LogP contribution in [0.15, 0.2) is 42.5 Å². The summed E-state index contributed by atoms with van der Waals surface area (Å²) in [7, 11) is 0. The van der Waals surface area contributed by atoms with E-state index < -0.39 is 0 Å². The van der Waals surface area contributed by atoms with Gasteiger partial charge in [0.25, 0.3) is 11.8 Å². The molecule has 0 radical (unpaired) electrons. The number of carbonyl (C=O) groups excluding carboxylic acids is 2. The number of aryl methyl sites for hydroxylation is 1. The second kappa shape index (κ2) is 8.25. The van der Waals surface area contributed by atoms with E-state index in [1.165, 1.54) is 0 Å². The fraction of sp³-hybridized carbons (Fsp3) is 0.391. The average molecular weight is 394 g/mol. The smallest absolute Gasteiger partial charge is 0.265 e. The highest BCUT2D eigenvalue weighted by atomic mass is 16.5. The number of fused-ring (bicyclic) bond motifs is 1. The lowest BCUT2D eigenvalue weighted by Crippen LogP contribution is -3.14. The summed E-state index contributed by atoms with van der Waals surface area (Å²) in [5, 5.41) is 0. The van der Waals surface area contributed by atoms with E-state index in [2.05, 4.69) is 6.92 Å². The Balaban J connectivity index is 1.46. The molecule has 0 saturated carbocycles. The molecule has 6 heteroatoms. The van der Waals surface area contributed by atoms with Gasteiger partial charge in [0.2, 0.25) is 0 Å². The Kier molecular flexibility index (Phi) is 5.53. The maximum Gasteiger partial charge on any atom is 0.265 e. The van der Waals surface area contributed by atoms with Crippen molar-refractivity contribution in [1.82, 2.24) is 4.90 Å². The standard InChI is InChI=1S/C23H27N3O3/c1-3-24-10-12-25(13-11-24)23(28)19-7-5-18(6-8-19)15-26-20-14-17(2)4-9-21(20)29-16-22(26)27/h4-9,14H,3,10-13,15-16H2,1-2H3/p+1. The summed E-state index contributed by atoms with van der Waals surface area (Å²) in [4.78, 5) is 30.5. The summed E-state index contributed by atoms with van der Waals surface area (Å²) in [6.07, 6.45) is 0. The number of amides is 2. The van der Waals surface area contributed by atoms with Crippen molar-refractivity contribution in [2.24, 2.45) is 0 Å². The van der Waals surface area contributed by atoms with Gasteiger partial charge in [-0.1, -0.05) is 18.2 Å². The summed E-state index contributed by atoms with van der Waals surface area (Å²) in [6, 6.07) is 13.5. The molecule has 2 aromatic carbocycles. The van der Waals surface area contributed by atoms with E-state index in [-0.39, 0.29) is 18.4 Å². The van der Waals surface area contributed by atoms with E-state index in [1.54, 1.807) is 9.80 Å². The molecule has 2 amide bonds. The maximum atomic E-state index is 12.8. The number of anilines is 1. The monoisotopic (exact) mass is 394 g/mol. The molecular weight excluding hydrogens is 366 g/mol. The van der Waals surface area contributed by atoms with Gasteiger partial charge in [-0.05, 0) is 49.2 Å². The van der Waals surface area contributed by atoms with E-state index in [1.807, 2.05) is 54.3 Å². The molecule has 1 saturated heterocycles. The number of ether oxygens (including phenoxy) is 1. The molecule has 0 unspecified atom stereocenters. The number of likely N-dealkylation sites (N-methyl/N-ethyl adjacent to an activating group) is 1. The van der Waals surface area contributed by atoms with Crippen LogP contribution in [-0.4, -0.2) is 56.0 Å². The third-order valence-electron chi connectivity index (χ3n) is 5.86. The second-order valence-electron chi connectivity index (χ2n) is 7.83. The molecule has 29 heavy (non-hydrogen) atoms. The van der Waals surface area contributed by atoms with E-state index in [4.69, 9.17) is 4.74 Å². The second-order valence-corrected chi connectivity index (χ2v) is 7.83. The zero-order chi connectivity index (χ0) is 20.4. The number of carbonyl (C=O) groups is 2. The number of quaternary nitrogens is 1. The molecule has 1 N–H and O–H groups in total. The Bertz CT molecular complexity index is 902. The largest absolute Gasteiger partial charge is 0.482 e. The number of hydrogen-bond donors (Lipinski definition) is 1. The number of rotatable bonds is 4. The molecule has 0 spiro atoms. The third kappa shape index (κ3) is 4.12. The van der Waals surface area contributed by atoms with Crippen molar-refractivity contribution < 1.29 is 19.2 Å². The predicted molar refractivity (Wildman–Crippen MR) is 111 cm³/mol. The van der Waals surface area contributed by atoms with Crippen LogP contribution in [0.1, 0.15) is 28.4 Å². The van der Waals surface area contributed by atoms with Gasteiger partial charge in [0.15, 0.2) is 6.61 Å². The van der Waals surface area contributed by atoms with Gasteiger partial charge in [0, 0.05) is 5.56 Å². The van der Waals surface area contributed by atoms with Crippen molar-refractivity contribution in [3.05, 3.63) is 59.2 Å². The van der Waals surface area contributed by atoms with Crippen LogP contribution < -0.4 is 14.5 Å². The summed E-state index contributed by atoms with van der Waals surface area (Å²) < 4.78 is 5.55. The molecule has 2 heterocycles. The highest BCUT2D eigenvalue weighted by Gasteiger charge is 2.26. The van der Waals surface area contributed by atoms with Crippen LogP contribution in [-0.2, 0) is 11.3 Å². The van der Waals surface area contributed by atoms with E-state index >= 15 is 0 Å². The number of nitrogens with zero attached hydrogens (tertiary/aromatic N) is 2. The van der Waals surface area contributed by atoms with Crippen LogP contribution in [0, 0.1) is 6.92 Å². The van der Waals surface area contributed by atoms with Gasteiger partial charge in [-0.25, -0.2) is 0 Å². The lowest BCUT2D eigenvalue weighted by molar-refractivity contribution is -0.902. The topological polar surface area (TPSA) is 54.3 Å². The summed E-state index contributed by atoms with van der Waals surface area (Å²) >= 11 is 0. The minimum atomic E-state index is -0.0560. The quantitative estimate of drug-likeness (QED) is 0.850. The minimum absolute atomic E-state index is 0.0539. The van der Waals surface area contributed by atoms with E-state index in [0.717, 1.165) is 55.3 Å². The number of nitrogens with one attached hydrogen (secondary N) is 1. The molecular formula is C23H28N3O3+. The highest BCUT2D eigenvalue weighted by Crippen LogP contribution is 2.33. The van der Waals surface area contributed by atoms with Gasteiger partial charge in [-0.15, -0.1) is 0 Å². The molecule has 0 bridgehead atoms. The number of hydrogen-bond acceptors (Lipinski definition) is 3. The fourth-order valence-electron chi connectivity index (χ4n) is 3.98. The van der Waals surface area contributed by atoms with Crippen LogP contribution in [0.3, 0.4) is 0 Å². The Morgan fingerprint density at radius 2 is 1.83 bits per heavy atom. The van der Waals surface area contributed by atoms with Crippen molar-refractivity contribution >= 4 is 17.5 Å². The summed E-state index contributed by atoms with van der Waals surface area (Å²) in [6.45, 7) is 9.45. The maximum absolute atomic E-state index is 12.8. The van der Waals surface area contributed by atoms with Crippen molar-refractivity contribution in [3.63, 3.8) is 0 Å². The SMILES string of the molecule is CC[NH+]1CCN(C(=O)c2ccc(CN3C(=O)COc4ccc(C)cc43)cc2)CC1. The van der Waals surface area contributed by atoms with Crippen molar-refractivity contribution in [2.75, 3.05) is 44.2 Å². The molecule has 2 aliphatic heterocycles. The molecule has 0 atom stereocenters. The van der Waals surface area contributed by atoms with Crippen LogP contribution in [0.4, 0.5) is 5.69 Å². The van der Waals surface area contributed by atoms with Crippen molar-refractivity contribution in [2.45, 2.75) is 20.4 Å². The lowest BCUT2D eigenvalue weighted by Gasteiger charge is -2.31. The van der Waals surface area contributed by atoms with Gasteiger partial charge in [-0.2, -0.15) is 0 Å². The van der Waals surface area contributed by atoms with Crippen LogP contribution in [0.5, 0.6) is 5.75 Å². The first-order valence-corrected chi connectivity index (χ1v) is 10.3. The fourth-order valence-corrected chi connectivity index (χ4v) is 3.98. The molecule has 2 aromatic rings. The Morgan fingerprint density at radius 1 is 1.10 bits per heavy atom. The van der Waals surface area contributed by atoms with Gasteiger partial charge in [-0.3, -0.25) is 9.59 Å². The van der Waals surface area contributed by atoms with Crippen LogP contribution in [0.2, 0.25) is 0 Å². The first-order valence-electron chi connectivity index (χ1n) is 10.3. The minimum Gasteiger partial charge on any atom is -0.482 e. The lowest BCUT2D eigenvalue weighted by atomic mass is 10.1. The first-order chi connectivity index (χ1) is 14.0. The molecule has 1 fully saturated rings. The molecule has 0 aromatic heterocycles. The van der Waals surface area contributed by atoms with Crippen molar-refractivity contribution in [1.29, 1.82) is 0 Å². The van der Waals surface area contributed by atoms with Crippen LogP contribution in [0.25, 0.3) is 0 Å². The van der Waals surface area contributed by atoms with Gasteiger partial charge in [0.05, 0.1) is 45.0 Å². The predicted octanol–water partition coefficient (Wildman–Crippen LogP) is 1.28. The van der Waals surface area contributed by atoms with Crippen molar-refractivity contribution in [3.8, 4) is 5.75 Å². The van der Waals surface area contributed by atoms with E-state index in [0.29, 0.717) is 12.1 Å². The van der Waals surface area contributed by atoms with Gasteiger partial charge >= 0.3 is 0 Å². The first kappa shape index (κ1) is 19.5. The Hall–Kier alpha value is -2.86. The molecule has 2 aliphatic rings. The zero-order valence-electron chi connectivity index (χ0n) is 17.1. The third-order valence-corrected chi connectivity index (χ3v) is 5.86. The van der Waals surface area contributed by atoms with E-state index in [9.17, 15) is 9.59 Å². The molecule has 4 rings (SSSR count). The summed E-state index contributed by atoms with van der Waals surface area (Å²) in [5.41, 5.74) is 3.58. The molecule has 152 valence electrons. The number of benzene rings is 2. The Labute approximate surface area is 171 Å². The normalized spacial score (nSPS) is 17.1.